The molecule has 6 nitrogen and oxygen atoms in total. The van der Waals surface area contributed by atoms with Crippen LogP contribution in [0, 0.1) is 5.92 Å². The minimum absolute atomic E-state index is 0. The summed E-state index contributed by atoms with van der Waals surface area (Å²) in [6.45, 7) is 2.44. The monoisotopic (exact) mass is 401 g/mol. The largest absolute Gasteiger partial charge is 0.329 e. The number of sulfonamides is 1. The molecule has 0 saturated heterocycles. The highest BCUT2D eigenvalue weighted by Gasteiger charge is 2.29. The van der Waals surface area contributed by atoms with Gasteiger partial charge in [-0.3, -0.25) is 4.79 Å². The molecule has 0 aromatic heterocycles. The van der Waals surface area contributed by atoms with E-state index >= 15 is 0 Å². The second kappa shape index (κ2) is 8.69. The molecule has 1 amide bonds. The van der Waals surface area contributed by atoms with Crippen LogP contribution >= 0.6 is 12.4 Å². The molecule has 1 atom stereocenters. The summed E-state index contributed by atoms with van der Waals surface area (Å²) < 4.78 is 28.5. The number of aryl methyl sites for hydroxylation is 1. The molecule has 0 spiro atoms. The van der Waals surface area contributed by atoms with E-state index < -0.39 is 10.0 Å². The Labute approximate surface area is 162 Å². The smallest absolute Gasteiger partial charge is 0.240 e. The summed E-state index contributed by atoms with van der Waals surface area (Å²) in [5.74, 6) is 0.250. The molecule has 1 heterocycles. The normalized spacial score (nSPS) is 18.9. The van der Waals surface area contributed by atoms with Crippen molar-refractivity contribution in [1.29, 1.82) is 0 Å². The second-order valence-electron chi connectivity index (χ2n) is 7.07. The molecule has 8 heteroatoms. The summed E-state index contributed by atoms with van der Waals surface area (Å²) in [7, 11) is -3.66. The van der Waals surface area contributed by atoms with Crippen molar-refractivity contribution in [3.63, 3.8) is 0 Å². The predicted molar refractivity (Wildman–Crippen MR) is 105 cm³/mol. The van der Waals surface area contributed by atoms with Crippen LogP contribution in [0.1, 0.15) is 44.6 Å². The van der Waals surface area contributed by atoms with Gasteiger partial charge in [0.2, 0.25) is 15.9 Å². The number of halogens is 1. The lowest BCUT2D eigenvalue weighted by molar-refractivity contribution is -0.116. The molecule has 0 bridgehead atoms. The number of benzene rings is 1. The van der Waals surface area contributed by atoms with Crippen molar-refractivity contribution in [2.24, 2.45) is 11.7 Å². The van der Waals surface area contributed by atoms with E-state index in [4.69, 9.17) is 5.73 Å². The molecule has 1 aromatic rings. The number of rotatable bonds is 5. The fourth-order valence-corrected chi connectivity index (χ4v) is 5.35. The van der Waals surface area contributed by atoms with Gasteiger partial charge in [0.25, 0.3) is 0 Å². The van der Waals surface area contributed by atoms with Crippen LogP contribution in [0.4, 0.5) is 5.69 Å². The number of fused-ring (bicyclic) bond motifs is 1. The highest BCUT2D eigenvalue weighted by molar-refractivity contribution is 7.89. The van der Waals surface area contributed by atoms with E-state index in [2.05, 4.69) is 4.72 Å². The Bertz CT molecular complexity index is 748. The average molecular weight is 402 g/mol. The lowest BCUT2D eigenvalue weighted by Crippen LogP contribution is -2.44. The van der Waals surface area contributed by atoms with Crippen molar-refractivity contribution in [3.05, 3.63) is 23.8 Å². The van der Waals surface area contributed by atoms with Crippen molar-refractivity contribution in [2.75, 3.05) is 18.0 Å². The van der Waals surface area contributed by atoms with Gasteiger partial charge in [0.1, 0.15) is 0 Å². The van der Waals surface area contributed by atoms with Crippen molar-refractivity contribution < 1.29 is 13.2 Å². The highest BCUT2D eigenvalue weighted by Crippen LogP contribution is 2.31. The van der Waals surface area contributed by atoms with Gasteiger partial charge in [-0.1, -0.05) is 18.9 Å². The molecule has 2 aliphatic rings. The second-order valence-corrected chi connectivity index (χ2v) is 8.79. The van der Waals surface area contributed by atoms with Crippen LogP contribution in [-0.4, -0.2) is 33.5 Å². The van der Waals surface area contributed by atoms with E-state index in [-0.39, 0.29) is 29.3 Å². The van der Waals surface area contributed by atoms with Gasteiger partial charge in [-0.2, -0.15) is 0 Å². The number of hydrogen-bond donors (Lipinski definition) is 2. The number of carbonyl (C=O) groups is 1. The Balaban J connectivity index is 0.00000243. The molecule has 1 unspecified atom stereocenters. The maximum absolute atomic E-state index is 12.9. The number of nitrogens with zero attached hydrogens (tertiary/aromatic N) is 1. The van der Waals surface area contributed by atoms with E-state index in [1.807, 2.05) is 6.07 Å². The van der Waals surface area contributed by atoms with Gasteiger partial charge in [0.05, 0.1) is 4.90 Å². The minimum Gasteiger partial charge on any atom is -0.329 e. The van der Waals surface area contributed by atoms with Crippen molar-refractivity contribution >= 4 is 34.0 Å². The number of anilines is 1. The fourth-order valence-electron chi connectivity index (χ4n) is 4.01. The summed E-state index contributed by atoms with van der Waals surface area (Å²) in [6, 6.07) is 4.85. The lowest BCUT2D eigenvalue weighted by Gasteiger charge is -2.29. The van der Waals surface area contributed by atoms with Crippen LogP contribution < -0.4 is 15.4 Å². The molecule has 1 aliphatic heterocycles. The Morgan fingerprint density at radius 1 is 1.31 bits per heavy atom. The molecule has 1 saturated carbocycles. The molecular formula is C18H28ClN3O3S. The van der Waals surface area contributed by atoms with Crippen LogP contribution in [0.3, 0.4) is 0 Å². The fraction of sp³-hybridized carbons (Fsp3) is 0.611. The van der Waals surface area contributed by atoms with E-state index in [9.17, 15) is 13.2 Å². The lowest BCUT2D eigenvalue weighted by atomic mass is 9.99. The van der Waals surface area contributed by atoms with Crippen LogP contribution in [0.15, 0.2) is 23.1 Å². The Morgan fingerprint density at radius 3 is 2.62 bits per heavy atom. The molecule has 1 fully saturated rings. The zero-order valence-corrected chi connectivity index (χ0v) is 16.7. The first kappa shape index (κ1) is 21.2. The van der Waals surface area contributed by atoms with E-state index in [0.717, 1.165) is 44.1 Å². The SMILES string of the molecule is CC(=O)N1CCCc2ccc(S(=O)(=O)NC(CN)C3CCCC3)cc21.Cl. The first-order chi connectivity index (χ1) is 11.9. The van der Waals surface area contributed by atoms with E-state index in [0.29, 0.717) is 24.7 Å². The number of amides is 1. The summed E-state index contributed by atoms with van der Waals surface area (Å²) >= 11 is 0. The van der Waals surface area contributed by atoms with Gasteiger partial charge >= 0.3 is 0 Å². The van der Waals surface area contributed by atoms with Crippen LogP contribution in [0.25, 0.3) is 0 Å². The zero-order valence-electron chi connectivity index (χ0n) is 15.1. The Hall–Kier alpha value is -1.15. The molecular weight excluding hydrogens is 374 g/mol. The van der Waals surface area contributed by atoms with Gasteiger partial charge < -0.3 is 10.6 Å². The van der Waals surface area contributed by atoms with Gasteiger partial charge in [0.15, 0.2) is 0 Å². The summed E-state index contributed by atoms with van der Waals surface area (Å²) in [5.41, 5.74) is 7.57. The third-order valence-corrected chi connectivity index (χ3v) is 6.88. The molecule has 3 N–H and O–H groups in total. The predicted octanol–water partition coefficient (Wildman–Crippen LogP) is 2.20. The van der Waals surface area contributed by atoms with Gasteiger partial charge in [-0.05, 0) is 49.3 Å². The van der Waals surface area contributed by atoms with Crippen molar-refractivity contribution in [2.45, 2.75) is 56.4 Å². The van der Waals surface area contributed by atoms with Crippen molar-refractivity contribution in [1.82, 2.24) is 4.72 Å². The van der Waals surface area contributed by atoms with Crippen LogP contribution in [-0.2, 0) is 21.2 Å². The minimum atomic E-state index is -3.66. The van der Waals surface area contributed by atoms with E-state index in [1.54, 1.807) is 17.0 Å². The molecule has 0 radical (unpaired) electrons. The molecule has 146 valence electrons. The van der Waals surface area contributed by atoms with Gasteiger partial charge in [0, 0.05) is 31.7 Å². The molecule has 26 heavy (non-hydrogen) atoms. The number of carbonyl (C=O) groups excluding carboxylic acids is 1. The first-order valence-corrected chi connectivity index (χ1v) is 10.5. The first-order valence-electron chi connectivity index (χ1n) is 9.06. The van der Waals surface area contributed by atoms with E-state index in [1.165, 1.54) is 6.92 Å². The summed E-state index contributed by atoms with van der Waals surface area (Å²) in [6.07, 6.45) is 6.07. The zero-order chi connectivity index (χ0) is 18.0. The van der Waals surface area contributed by atoms with Crippen LogP contribution in [0.5, 0.6) is 0 Å². The standard InChI is InChI=1S/C18H27N3O3S.ClH/c1-13(22)21-10-4-7-15-8-9-16(11-18(15)21)25(23,24)20-17(12-19)14-5-2-3-6-14;/h8-9,11,14,17,20H,2-7,10,12,19H2,1H3;1H. The molecule has 3 rings (SSSR count). The van der Waals surface area contributed by atoms with Crippen molar-refractivity contribution in [3.8, 4) is 0 Å². The topological polar surface area (TPSA) is 92.5 Å². The number of nitrogens with one attached hydrogen (secondary N) is 1. The summed E-state index contributed by atoms with van der Waals surface area (Å²) in [5, 5.41) is 0. The van der Waals surface area contributed by atoms with Gasteiger partial charge in [-0.25, -0.2) is 13.1 Å². The molecule has 1 aliphatic carbocycles. The highest BCUT2D eigenvalue weighted by atomic mass is 35.5. The average Bonchev–Trinajstić information content (AvgIpc) is 3.13. The van der Waals surface area contributed by atoms with Gasteiger partial charge in [-0.15, -0.1) is 12.4 Å². The maximum atomic E-state index is 12.9. The third kappa shape index (κ3) is 4.39. The maximum Gasteiger partial charge on any atom is 0.240 e. The van der Waals surface area contributed by atoms with Crippen LogP contribution in [0.2, 0.25) is 0 Å². The summed E-state index contributed by atoms with van der Waals surface area (Å²) in [4.78, 5) is 13.7. The molecule has 1 aromatic carbocycles. The Kier molecular flexibility index (Phi) is 7.07. The Morgan fingerprint density at radius 2 is 2.00 bits per heavy atom. The third-order valence-electron chi connectivity index (χ3n) is 5.40. The number of nitrogens with two attached hydrogens (primary N) is 1. The quantitative estimate of drug-likeness (QED) is 0.791. The number of hydrogen-bond acceptors (Lipinski definition) is 4.